The van der Waals surface area contributed by atoms with Crippen molar-refractivity contribution in [2.45, 2.75) is 19.1 Å². The van der Waals surface area contributed by atoms with Gasteiger partial charge in [0.2, 0.25) is 5.72 Å². The summed E-state index contributed by atoms with van der Waals surface area (Å²) >= 11 is 0. The first-order valence-electron chi connectivity index (χ1n) is 7.01. The number of hydrogen-bond donors (Lipinski definition) is 3. The maximum Gasteiger partial charge on any atom is 0.315 e. The van der Waals surface area contributed by atoms with Crippen molar-refractivity contribution in [3.63, 3.8) is 0 Å². The Hall–Kier alpha value is -2.97. The quantitative estimate of drug-likeness (QED) is 0.585. The third-order valence-electron chi connectivity index (χ3n) is 3.16. The van der Waals surface area contributed by atoms with Gasteiger partial charge in [-0.2, -0.15) is 0 Å². The first kappa shape index (κ1) is 16.4. The molecule has 0 aliphatic heterocycles. The summed E-state index contributed by atoms with van der Waals surface area (Å²) in [5, 5.41) is 12.2. The van der Waals surface area contributed by atoms with Crippen molar-refractivity contribution in [1.82, 2.24) is 5.32 Å². The summed E-state index contributed by atoms with van der Waals surface area (Å²) in [5.74, 6) is 3.14. The summed E-state index contributed by atoms with van der Waals surface area (Å²) in [6, 6.07) is 10.6. The molecule has 0 saturated carbocycles. The Bertz CT molecular complexity index is 771. The highest BCUT2D eigenvalue weighted by molar-refractivity contribution is 5.73. The van der Waals surface area contributed by atoms with Crippen molar-refractivity contribution in [2.75, 3.05) is 0 Å². The molecule has 0 aliphatic carbocycles. The van der Waals surface area contributed by atoms with Crippen LogP contribution in [0.15, 0.2) is 40.8 Å². The number of terminal acetylenes is 1. The highest BCUT2D eigenvalue weighted by atomic mass is 16.3. The lowest BCUT2D eigenvalue weighted by molar-refractivity contribution is 0.0713. The number of nitrogens with one attached hydrogen (secondary N) is 1. The maximum atomic E-state index is 10.9. The smallest absolute Gasteiger partial charge is 0.315 e. The van der Waals surface area contributed by atoms with E-state index in [9.17, 15) is 9.90 Å². The van der Waals surface area contributed by atoms with E-state index in [1.54, 1.807) is 12.1 Å². The average Bonchev–Trinajstić information content (AvgIpc) is 2.91. The number of benzene rings is 1. The summed E-state index contributed by atoms with van der Waals surface area (Å²) in [5.41, 5.74) is 5.34. The number of primary amides is 1. The van der Waals surface area contributed by atoms with E-state index >= 15 is 0 Å². The zero-order chi connectivity index (χ0) is 16.9. The van der Waals surface area contributed by atoms with Crippen molar-refractivity contribution in [3.8, 4) is 12.3 Å². The van der Waals surface area contributed by atoms with E-state index < -0.39 is 11.8 Å². The summed E-state index contributed by atoms with van der Waals surface area (Å²) in [4.78, 5) is 10.9. The van der Waals surface area contributed by atoms with E-state index in [0.717, 1.165) is 5.56 Å². The third kappa shape index (κ3) is 4.77. The summed E-state index contributed by atoms with van der Waals surface area (Å²) in [7, 11) is 0. The van der Waals surface area contributed by atoms with Gasteiger partial charge in [-0.05, 0) is 36.6 Å². The molecule has 1 aromatic heterocycles. The Labute approximate surface area is 134 Å². The van der Waals surface area contributed by atoms with E-state index in [4.69, 9.17) is 16.6 Å². The molecule has 23 heavy (non-hydrogen) atoms. The van der Waals surface area contributed by atoms with E-state index in [2.05, 4.69) is 11.2 Å². The Kier molecular flexibility index (Phi) is 4.89. The fourth-order valence-corrected chi connectivity index (χ4v) is 2.12. The van der Waals surface area contributed by atoms with E-state index in [-0.39, 0.29) is 6.42 Å². The van der Waals surface area contributed by atoms with Gasteiger partial charge in [0, 0.05) is 0 Å². The highest BCUT2D eigenvalue weighted by Gasteiger charge is 2.27. The molecule has 1 unspecified atom stereocenters. The molecule has 1 heterocycles. The molecule has 1 aromatic carbocycles. The Balaban J connectivity index is 2.09. The van der Waals surface area contributed by atoms with Crippen molar-refractivity contribution >= 4 is 18.2 Å². The number of carbonyl (C=O) groups is 1. The van der Waals surface area contributed by atoms with E-state index in [1.165, 1.54) is 5.56 Å². The van der Waals surface area contributed by atoms with Gasteiger partial charge in [-0.15, -0.1) is 6.42 Å². The summed E-state index contributed by atoms with van der Waals surface area (Å²) in [6.07, 6.45) is 8.89. The third-order valence-corrected chi connectivity index (χ3v) is 3.16. The monoisotopic (exact) mass is 310 g/mol. The Morgan fingerprint density at radius 1 is 1.43 bits per heavy atom. The second kappa shape index (κ2) is 6.86. The Morgan fingerprint density at radius 3 is 2.87 bits per heavy atom. The normalized spacial score (nSPS) is 13.4. The van der Waals surface area contributed by atoms with Gasteiger partial charge in [-0.1, -0.05) is 35.9 Å². The van der Waals surface area contributed by atoms with Crippen LogP contribution in [-0.4, -0.2) is 16.9 Å². The van der Waals surface area contributed by atoms with Crippen LogP contribution in [0.25, 0.3) is 12.2 Å². The van der Waals surface area contributed by atoms with Crippen molar-refractivity contribution < 1.29 is 14.3 Å². The molecule has 0 fully saturated rings. The molecular formula is C18H18N2O3. The molecule has 0 radical (unpaired) electrons. The summed E-state index contributed by atoms with van der Waals surface area (Å²) in [6.45, 7) is 2.02. The van der Waals surface area contributed by atoms with Crippen LogP contribution in [0, 0.1) is 19.3 Å². The molecule has 0 spiro atoms. The van der Waals surface area contributed by atoms with Gasteiger partial charge >= 0.3 is 6.03 Å². The molecule has 0 bridgehead atoms. The topological polar surface area (TPSA) is 88.5 Å². The number of furan rings is 1. The number of rotatable bonds is 5. The zero-order valence-corrected chi connectivity index (χ0v) is 12.7. The lowest BCUT2D eigenvalue weighted by atomic mass is 10.1. The van der Waals surface area contributed by atoms with Crippen LogP contribution in [-0.2, 0) is 6.42 Å². The standard InChI is InChI=1S/C18H18N2O3/c1-3-18(22,20-17(19)21)12-16-10-9-15(23-16)8-7-14-6-4-5-13(2)11-14/h1,4-11,22H,12H2,2H3,(H3,19,20,21)/b8-7+. The van der Waals surface area contributed by atoms with Crippen LogP contribution in [0.2, 0.25) is 0 Å². The fourth-order valence-electron chi connectivity index (χ4n) is 2.12. The first-order chi connectivity index (χ1) is 10.9. The molecule has 0 aliphatic rings. The van der Waals surface area contributed by atoms with E-state index in [0.29, 0.717) is 11.5 Å². The molecular weight excluding hydrogens is 292 g/mol. The predicted octanol–water partition coefficient (Wildman–Crippen LogP) is 2.29. The number of aliphatic hydroxyl groups is 1. The molecule has 2 aromatic rings. The van der Waals surface area contributed by atoms with Gasteiger partial charge < -0.3 is 15.3 Å². The molecule has 0 saturated heterocycles. The molecule has 5 nitrogen and oxygen atoms in total. The minimum absolute atomic E-state index is 0.0786. The van der Waals surface area contributed by atoms with Crippen LogP contribution in [0.5, 0.6) is 0 Å². The molecule has 4 N–H and O–H groups in total. The lowest BCUT2D eigenvalue weighted by Crippen LogP contribution is -2.51. The minimum atomic E-state index is -1.87. The highest BCUT2D eigenvalue weighted by Crippen LogP contribution is 2.17. The largest absolute Gasteiger partial charge is 0.462 e. The van der Waals surface area contributed by atoms with Gasteiger partial charge in [0.05, 0.1) is 6.42 Å². The Morgan fingerprint density at radius 2 is 2.22 bits per heavy atom. The predicted molar refractivity (Wildman–Crippen MR) is 89.0 cm³/mol. The molecule has 5 heteroatoms. The molecule has 118 valence electrons. The molecule has 1 atom stereocenters. The second-order valence-electron chi connectivity index (χ2n) is 5.22. The van der Waals surface area contributed by atoms with Crippen LogP contribution in [0.3, 0.4) is 0 Å². The number of aryl methyl sites for hydroxylation is 1. The van der Waals surface area contributed by atoms with Crippen LogP contribution >= 0.6 is 0 Å². The molecule has 2 rings (SSSR count). The SMILES string of the molecule is C#CC(O)(Cc1ccc(/C=C/c2cccc(C)c2)o1)NC(N)=O. The van der Waals surface area contributed by atoms with Crippen LogP contribution in [0.1, 0.15) is 22.6 Å². The average molecular weight is 310 g/mol. The van der Waals surface area contributed by atoms with Gasteiger partial charge in [-0.3, -0.25) is 5.32 Å². The lowest BCUT2D eigenvalue weighted by Gasteiger charge is -2.20. The first-order valence-corrected chi connectivity index (χ1v) is 7.01. The van der Waals surface area contributed by atoms with Crippen molar-refractivity contribution in [1.29, 1.82) is 0 Å². The van der Waals surface area contributed by atoms with Crippen LogP contribution in [0.4, 0.5) is 4.79 Å². The zero-order valence-electron chi connectivity index (χ0n) is 12.7. The minimum Gasteiger partial charge on any atom is -0.462 e. The van der Waals surface area contributed by atoms with Crippen molar-refractivity contribution in [3.05, 3.63) is 59.0 Å². The fraction of sp³-hybridized carbons (Fsp3) is 0.167. The van der Waals surface area contributed by atoms with E-state index in [1.807, 2.05) is 43.3 Å². The van der Waals surface area contributed by atoms with Crippen LogP contribution < -0.4 is 11.1 Å². The van der Waals surface area contributed by atoms with Gasteiger partial charge in [0.15, 0.2) is 0 Å². The number of amides is 2. The number of urea groups is 1. The second-order valence-corrected chi connectivity index (χ2v) is 5.22. The number of nitrogens with two attached hydrogens (primary N) is 1. The van der Waals surface area contributed by atoms with Gasteiger partial charge in [0.1, 0.15) is 11.5 Å². The molecule has 2 amide bonds. The maximum absolute atomic E-state index is 10.9. The van der Waals surface area contributed by atoms with Crippen molar-refractivity contribution in [2.24, 2.45) is 5.73 Å². The van der Waals surface area contributed by atoms with Gasteiger partial charge in [-0.25, -0.2) is 4.79 Å². The summed E-state index contributed by atoms with van der Waals surface area (Å²) < 4.78 is 5.58. The van der Waals surface area contributed by atoms with Gasteiger partial charge in [0.25, 0.3) is 0 Å². The number of carbonyl (C=O) groups excluding carboxylic acids is 1. The number of hydrogen-bond acceptors (Lipinski definition) is 3.